The van der Waals surface area contributed by atoms with Crippen LogP contribution >= 0.6 is 0 Å². The Morgan fingerprint density at radius 3 is 2.54 bits per heavy atom. The summed E-state index contributed by atoms with van der Waals surface area (Å²) in [4.78, 5) is 18.1. The molecule has 6 heteroatoms. The minimum atomic E-state index is -0.269. The highest BCUT2D eigenvalue weighted by molar-refractivity contribution is 6.14. The van der Waals surface area contributed by atoms with E-state index in [4.69, 9.17) is 19.6 Å². The third kappa shape index (κ3) is 4.85. The molecule has 3 aromatic carbocycles. The summed E-state index contributed by atoms with van der Waals surface area (Å²) < 4.78 is 10.9. The fourth-order valence-corrected chi connectivity index (χ4v) is 5.03. The number of carbonyl (C=O) groups excluding carboxylic acids is 1. The van der Waals surface area contributed by atoms with Crippen molar-refractivity contribution in [3.63, 3.8) is 0 Å². The summed E-state index contributed by atoms with van der Waals surface area (Å²) in [5, 5.41) is 7.55. The van der Waals surface area contributed by atoms with Crippen LogP contribution in [0.2, 0.25) is 0 Å². The molecule has 5 rings (SSSR count). The minimum absolute atomic E-state index is 0.0434. The van der Waals surface area contributed by atoms with Gasteiger partial charge in [-0.3, -0.25) is 9.78 Å². The molecule has 0 fully saturated rings. The van der Waals surface area contributed by atoms with Gasteiger partial charge in [-0.2, -0.15) is 5.10 Å². The molecule has 1 aliphatic rings. The normalized spacial score (nSPS) is 15.2. The molecule has 0 aliphatic carbocycles. The van der Waals surface area contributed by atoms with Crippen LogP contribution in [0.4, 0.5) is 0 Å². The number of fused-ring (bicyclic) bond motifs is 1. The molecule has 0 radical (unpaired) electrons. The van der Waals surface area contributed by atoms with Crippen molar-refractivity contribution in [1.29, 1.82) is 0 Å². The highest BCUT2D eigenvalue weighted by atomic mass is 16.5. The molecule has 1 aliphatic heterocycles. The summed E-state index contributed by atoms with van der Waals surface area (Å²) in [6, 6.07) is 24.3. The molecule has 0 N–H and O–H groups in total. The number of rotatable bonds is 7. The van der Waals surface area contributed by atoms with E-state index < -0.39 is 0 Å². The topological polar surface area (TPSA) is 64.0 Å². The molecule has 188 valence electrons. The van der Waals surface area contributed by atoms with E-state index in [-0.39, 0.29) is 18.6 Å². The molecular weight excluding hydrogens is 462 g/mol. The number of amides is 1. The largest absolute Gasteiger partial charge is 0.494 e. The van der Waals surface area contributed by atoms with Crippen molar-refractivity contribution >= 4 is 22.5 Å². The fourth-order valence-electron chi connectivity index (χ4n) is 5.03. The number of hydrogen-bond acceptors (Lipinski definition) is 5. The van der Waals surface area contributed by atoms with Crippen LogP contribution in [-0.2, 0) is 9.53 Å². The maximum atomic E-state index is 13.2. The van der Waals surface area contributed by atoms with Gasteiger partial charge in [-0.15, -0.1) is 0 Å². The number of pyridine rings is 1. The third-order valence-corrected chi connectivity index (χ3v) is 6.69. The Morgan fingerprint density at radius 2 is 1.78 bits per heavy atom. The fraction of sp³-hybridized carbons (Fsp3) is 0.258. The summed E-state index contributed by atoms with van der Waals surface area (Å²) in [6.45, 7) is 6.59. The predicted octanol–water partition coefficient (Wildman–Crippen LogP) is 6.24. The highest BCUT2D eigenvalue weighted by Crippen LogP contribution is 2.40. The second-order valence-corrected chi connectivity index (χ2v) is 9.27. The number of aryl methyl sites for hydroxylation is 2. The first-order chi connectivity index (χ1) is 18.0. The Bertz CT molecular complexity index is 1480. The molecule has 1 aromatic heterocycles. The Morgan fingerprint density at radius 1 is 1.00 bits per heavy atom. The lowest BCUT2D eigenvalue weighted by Gasteiger charge is -2.22. The van der Waals surface area contributed by atoms with Gasteiger partial charge in [0.1, 0.15) is 12.4 Å². The van der Waals surface area contributed by atoms with E-state index in [9.17, 15) is 4.79 Å². The van der Waals surface area contributed by atoms with Gasteiger partial charge < -0.3 is 9.47 Å². The van der Waals surface area contributed by atoms with E-state index in [1.807, 2.05) is 56.3 Å². The van der Waals surface area contributed by atoms with Crippen LogP contribution in [-0.4, -0.2) is 41.9 Å². The van der Waals surface area contributed by atoms with Crippen molar-refractivity contribution in [2.75, 3.05) is 20.3 Å². The maximum Gasteiger partial charge on any atom is 0.269 e. The Balaban J connectivity index is 1.68. The quantitative estimate of drug-likeness (QED) is 0.306. The molecule has 0 saturated heterocycles. The first-order valence-corrected chi connectivity index (χ1v) is 12.6. The molecule has 0 spiro atoms. The number of aromatic nitrogens is 1. The van der Waals surface area contributed by atoms with Crippen molar-refractivity contribution in [2.45, 2.75) is 33.2 Å². The van der Waals surface area contributed by atoms with Gasteiger partial charge in [-0.1, -0.05) is 60.2 Å². The van der Waals surface area contributed by atoms with E-state index in [1.54, 1.807) is 5.01 Å². The lowest BCUT2D eigenvalue weighted by atomic mass is 9.89. The van der Waals surface area contributed by atoms with Crippen LogP contribution in [0.1, 0.15) is 41.8 Å². The summed E-state index contributed by atoms with van der Waals surface area (Å²) >= 11 is 0. The van der Waals surface area contributed by atoms with Crippen LogP contribution in [0.3, 0.4) is 0 Å². The summed E-state index contributed by atoms with van der Waals surface area (Å²) in [7, 11) is 1.52. The van der Waals surface area contributed by atoms with Crippen molar-refractivity contribution in [2.24, 2.45) is 5.10 Å². The van der Waals surface area contributed by atoms with Crippen LogP contribution in [0, 0.1) is 13.8 Å². The molecule has 1 atom stereocenters. The van der Waals surface area contributed by atoms with Crippen molar-refractivity contribution in [1.82, 2.24) is 9.99 Å². The number of carbonyl (C=O) groups is 1. The smallest absolute Gasteiger partial charge is 0.269 e. The third-order valence-electron chi connectivity index (χ3n) is 6.69. The van der Waals surface area contributed by atoms with Crippen molar-refractivity contribution < 1.29 is 14.3 Å². The zero-order valence-corrected chi connectivity index (χ0v) is 21.7. The molecule has 6 nitrogen and oxygen atoms in total. The van der Waals surface area contributed by atoms with E-state index in [2.05, 4.69) is 37.3 Å². The van der Waals surface area contributed by atoms with Crippen LogP contribution in [0.15, 0.2) is 77.9 Å². The summed E-state index contributed by atoms with van der Waals surface area (Å²) in [6.07, 6.45) is 0.560. The molecule has 0 saturated carbocycles. The van der Waals surface area contributed by atoms with Gasteiger partial charge >= 0.3 is 0 Å². The van der Waals surface area contributed by atoms with Crippen molar-refractivity contribution in [3.8, 4) is 16.9 Å². The number of para-hydroxylation sites is 1. The molecule has 0 unspecified atom stereocenters. The average molecular weight is 494 g/mol. The predicted molar refractivity (Wildman–Crippen MR) is 147 cm³/mol. The molecule has 37 heavy (non-hydrogen) atoms. The Labute approximate surface area is 217 Å². The van der Waals surface area contributed by atoms with Gasteiger partial charge in [0.15, 0.2) is 0 Å². The first-order valence-electron chi connectivity index (χ1n) is 12.6. The first kappa shape index (κ1) is 24.7. The van der Waals surface area contributed by atoms with Crippen LogP contribution < -0.4 is 4.74 Å². The molecular formula is C31H31N3O3. The van der Waals surface area contributed by atoms with Crippen molar-refractivity contribution in [3.05, 3.63) is 95.2 Å². The van der Waals surface area contributed by atoms with E-state index in [1.165, 1.54) is 12.7 Å². The number of nitrogens with zero attached hydrogens (tertiary/aromatic N) is 3. The van der Waals surface area contributed by atoms with Gasteiger partial charge in [0.2, 0.25) is 0 Å². The van der Waals surface area contributed by atoms with Gasteiger partial charge in [0, 0.05) is 35.7 Å². The summed E-state index contributed by atoms with van der Waals surface area (Å²) in [5.74, 6) is 0.587. The molecule has 1 amide bonds. The average Bonchev–Trinajstić information content (AvgIpc) is 3.34. The van der Waals surface area contributed by atoms with Crippen LogP contribution in [0.25, 0.3) is 22.0 Å². The lowest BCUT2D eigenvalue weighted by molar-refractivity contribution is -0.137. The minimum Gasteiger partial charge on any atom is -0.494 e. The zero-order chi connectivity index (χ0) is 25.9. The van der Waals surface area contributed by atoms with Crippen LogP contribution in [0.5, 0.6) is 5.75 Å². The number of benzene rings is 3. The van der Waals surface area contributed by atoms with E-state index in [0.29, 0.717) is 13.0 Å². The zero-order valence-electron chi connectivity index (χ0n) is 21.7. The number of hydrazone groups is 1. The number of methoxy groups -OCH3 is 1. The standard InChI is InChI=1S/C31H31N3O3/c1-5-37-24-10-8-9-23(17-24)28-18-27(33-34(28)29(35)19-36-4)30-21(3)32-26-12-7-6-11-25(26)31(30)22-15-13-20(2)14-16-22/h6-17,28H,5,18-19H2,1-4H3/t28-/m0/s1. The highest BCUT2D eigenvalue weighted by Gasteiger charge is 2.35. The Hall–Kier alpha value is -4.03. The second-order valence-electron chi connectivity index (χ2n) is 9.27. The van der Waals surface area contributed by atoms with Gasteiger partial charge in [-0.05, 0) is 50.1 Å². The SMILES string of the molecule is CCOc1cccc([C@@H]2CC(c3c(C)nc4ccccc4c3-c3ccc(C)cc3)=NN2C(=O)COC)c1. The molecule has 4 aromatic rings. The Kier molecular flexibility index (Phi) is 7.01. The number of hydrogen-bond donors (Lipinski definition) is 0. The van der Waals surface area contributed by atoms with Gasteiger partial charge in [0.25, 0.3) is 5.91 Å². The van der Waals surface area contributed by atoms with Gasteiger partial charge in [-0.25, -0.2) is 5.01 Å². The molecule has 2 heterocycles. The van der Waals surface area contributed by atoms with E-state index >= 15 is 0 Å². The molecule has 0 bridgehead atoms. The number of ether oxygens (including phenoxy) is 2. The summed E-state index contributed by atoms with van der Waals surface area (Å²) in [5.41, 5.74) is 7.98. The lowest BCUT2D eigenvalue weighted by Crippen LogP contribution is -2.30. The van der Waals surface area contributed by atoms with Gasteiger partial charge in [0.05, 0.1) is 23.9 Å². The monoisotopic (exact) mass is 493 g/mol. The maximum absolute atomic E-state index is 13.2. The second kappa shape index (κ2) is 10.5. The van der Waals surface area contributed by atoms with E-state index in [0.717, 1.165) is 50.3 Å².